The zero-order valence-electron chi connectivity index (χ0n) is 10.3. The fourth-order valence-corrected chi connectivity index (χ4v) is 2.94. The average Bonchev–Trinajstić information content (AvgIpc) is 2.81. The SMILES string of the molecule is CC(=O)NCC1CCN(Cc2ccsc2)CC1. The number of rotatable bonds is 4. The van der Waals surface area contributed by atoms with Gasteiger partial charge < -0.3 is 5.32 Å². The molecule has 1 amide bonds. The first kappa shape index (κ1) is 12.6. The molecular weight excluding hydrogens is 232 g/mol. The molecule has 4 heteroatoms. The van der Waals surface area contributed by atoms with E-state index in [1.165, 1.54) is 18.4 Å². The zero-order valence-corrected chi connectivity index (χ0v) is 11.1. The maximum Gasteiger partial charge on any atom is 0.216 e. The number of nitrogens with one attached hydrogen (secondary N) is 1. The summed E-state index contributed by atoms with van der Waals surface area (Å²) >= 11 is 1.77. The van der Waals surface area contributed by atoms with Crippen LogP contribution >= 0.6 is 11.3 Å². The molecule has 2 rings (SSSR count). The van der Waals surface area contributed by atoms with Crippen LogP contribution in [0.4, 0.5) is 0 Å². The van der Waals surface area contributed by atoms with Crippen LogP contribution in [0.15, 0.2) is 16.8 Å². The third kappa shape index (κ3) is 4.13. The topological polar surface area (TPSA) is 32.3 Å². The molecule has 1 aliphatic heterocycles. The van der Waals surface area contributed by atoms with E-state index in [0.29, 0.717) is 5.92 Å². The Morgan fingerprint density at radius 3 is 2.88 bits per heavy atom. The first-order valence-electron chi connectivity index (χ1n) is 6.22. The first-order valence-corrected chi connectivity index (χ1v) is 7.16. The van der Waals surface area contributed by atoms with Gasteiger partial charge in [0.05, 0.1) is 0 Å². The molecule has 3 nitrogen and oxygen atoms in total. The highest BCUT2D eigenvalue weighted by atomic mass is 32.1. The third-order valence-electron chi connectivity index (χ3n) is 3.33. The fourth-order valence-electron chi connectivity index (χ4n) is 2.28. The van der Waals surface area contributed by atoms with Crippen LogP contribution in [-0.4, -0.2) is 30.4 Å². The van der Waals surface area contributed by atoms with Crippen LogP contribution in [-0.2, 0) is 11.3 Å². The van der Waals surface area contributed by atoms with E-state index in [0.717, 1.165) is 26.2 Å². The molecule has 0 radical (unpaired) electrons. The number of piperidine rings is 1. The highest BCUT2D eigenvalue weighted by Crippen LogP contribution is 2.19. The van der Waals surface area contributed by atoms with Crippen LogP contribution in [0.2, 0.25) is 0 Å². The van der Waals surface area contributed by atoms with E-state index < -0.39 is 0 Å². The Morgan fingerprint density at radius 2 is 2.29 bits per heavy atom. The predicted molar refractivity (Wildman–Crippen MR) is 71.0 cm³/mol. The van der Waals surface area contributed by atoms with Crippen molar-refractivity contribution in [1.29, 1.82) is 0 Å². The molecule has 1 aromatic rings. The molecule has 1 aliphatic rings. The number of hydrogen-bond acceptors (Lipinski definition) is 3. The van der Waals surface area contributed by atoms with E-state index in [9.17, 15) is 4.79 Å². The summed E-state index contributed by atoms with van der Waals surface area (Å²) in [5, 5.41) is 7.28. The molecule has 0 aromatic carbocycles. The number of carbonyl (C=O) groups excluding carboxylic acids is 1. The minimum Gasteiger partial charge on any atom is -0.356 e. The van der Waals surface area contributed by atoms with E-state index in [4.69, 9.17) is 0 Å². The van der Waals surface area contributed by atoms with Gasteiger partial charge in [0, 0.05) is 20.0 Å². The minimum absolute atomic E-state index is 0.0886. The lowest BCUT2D eigenvalue weighted by Crippen LogP contribution is -2.37. The summed E-state index contributed by atoms with van der Waals surface area (Å²) in [6, 6.07) is 2.20. The fraction of sp³-hybridized carbons (Fsp3) is 0.615. The van der Waals surface area contributed by atoms with Crippen molar-refractivity contribution in [3.8, 4) is 0 Å². The van der Waals surface area contributed by atoms with Crippen LogP contribution in [0.1, 0.15) is 25.3 Å². The van der Waals surface area contributed by atoms with Crippen molar-refractivity contribution in [1.82, 2.24) is 10.2 Å². The molecule has 2 heterocycles. The summed E-state index contributed by atoms with van der Waals surface area (Å²) in [5.74, 6) is 0.753. The first-order chi connectivity index (χ1) is 8.24. The lowest BCUT2D eigenvalue weighted by molar-refractivity contribution is -0.119. The molecule has 1 saturated heterocycles. The summed E-state index contributed by atoms with van der Waals surface area (Å²) in [4.78, 5) is 13.3. The Morgan fingerprint density at radius 1 is 1.53 bits per heavy atom. The molecule has 1 N–H and O–H groups in total. The summed E-state index contributed by atoms with van der Waals surface area (Å²) in [6.45, 7) is 5.82. The summed E-state index contributed by atoms with van der Waals surface area (Å²) in [6.07, 6.45) is 2.40. The molecule has 17 heavy (non-hydrogen) atoms. The third-order valence-corrected chi connectivity index (χ3v) is 4.07. The number of hydrogen-bond donors (Lipinski definition) is 1. The summed E-state index contributed by atoms with van der Waals surface area (Å²) in [5.41, 5.74) is 1.43. The van der Waals surface area contributed by atoms with Gasteiger partial charge >= 0.3 is 0 Å². The van der Waals surface area contributed by atoms with E-state index in [-0.39, 0.29) is 5.91 Å². The van der Waals surface area contributed by atoms with Gasteiger partial charge in [-0.05, 0) is 54.2 Å². The number of carbonyl (C=O) groups is 1. The van der Waals surface area contributed by atoms with Gasteiger partial charge in [0.25, 0.3) is 0 Å². The molecule has 0 aliphatic carbocycles. The van der Waals surface area contributed by atoms with Gasteiger partial charge in [0.2, 0.25) is 5.91 Å². The molecule has 0 spiro atoms. The summed E-state index contributed by atoms with van der Waals surface area (Å²) < 4.78 is 0. The van der Waals surface area contributed by atoms with Gasteiger partial charge in [-0.1, -0.05) is 0 Å². The largest absolute Gasteiger partial charge is 0.356 e. The lowest BCUT2D eigenvalue weighted by Gasteiger charge is -2.31. The summed E-state index contributed by atoms with van der Waals surface area (Å²) in [7, 11) is 0. The number of nitrogens with zero attached hydrogens (tertiary/aromatic N) is 1. The predicted octanol–water partition coefficient (Wildman–Crippen LogP) is 2.10. The minimum atomic E-state index is 0.0886. The van der Waals surface area contributed by atoms with Gasteiger partial charge in [0.1, 0.15) is 0 Å². The van der Waals surface area contributed by atoms with E-state index in [1.807, 2.05) is 0 Å². The van der Waals surface area contributed by atoms with Crippen LogP contribution in [0, 0.1) is 5.92 Å². The number of thiophene rings is 1. The molecule has 0 atom stereocenters. The normalized spacial score (nSPS) is 18.2. The van der Waals surface area contributed by atoms with E-state index >= 15 is 0 Å². The van der Waals surface area contributed by atoms with Gasteiger partial charge in [-0.25, -0.2) is 0 Å². The van der Waals surface area contributed by atoms with Crippen molar-refractivity contribution in [3.63, 3.8) is 0 Å². The van der Waals surface area contributed by atoms with E-state index in [1.54, 1.807) is 18.3 Å². The second kappa shape index (κ2) is 6.17. The van der Waals surface area contributed by atoms with Crippen molar-refractivity contribution in [2.45, 2.75) is 26.3 Å². The highest BCUT2D eigenvalue weighted by Gasteiger charge is 2.19. The van der Waals surface area contributed by atoms with E-state index in [2.05, 4.69) is 27.0 Å². The number of amides is 1. The van der Waals surface area contributed by atoms with Crippen LogP contribution in [0.5, 0.6) is 0 Å². The van der Waals surface area contributed by atoms with Crippen molar-refractivity contribution in [3.05, 3.63) is 22.4 Å². The Bertz CT molecular complexity index is 342. The molecule has 1 aromatic heterocycles. The van der Waals surface area contributed by atoms with Crippen molar-refractivity contribution >= 4 is 17.2 Å². The maximum atomic E-state index is 10.8. The Balaban J connectivity index is 1.69. The smallest absolute Gasteiger partial charge is 0.216 e. The highest BCUT2D eigenvalue weighted by molar-refractivity contribution is 7.07. The van der Waals surface area contributed by atoms with Gasteiger partial charge in [-0.2, -0.15) is 11.3 Å². The van der Waals surface area contributed by atoms with Crippen molar-refractivity contribution in [2.75, 3.05) is 19.6 Å². The average molecular weight is 252 g/mol. The molecule has 0 unspecified atom stereocenters. The molecule has 0 bridgehead atoms. The van der Waals surface area contributed by atoms with Gasteiger partial charge in [0.15, 0.2) is 0 Å². The van der Waals surface area contributed by atoms with Gasteiger partial charge in [-0.15, -0.1) is 0 Å². The Hall–Kier alpha value is -0.870. The van der Waals surface area contributed by atoms with Crippen molar-refractivity contribution in [2.24, 2.45) is 5.92 Å². The lowest BCUT2D eigenvalue weighted by atomic mass is 9.96. The monoisotopic (exact) mass is 252 g/mol. The van der Waals surface area contributed by atoms with Gasteiger partial charge in [-0.3, -0.25) is 9.69 Å². The quantitative estimate of drug-likeness (QED) is 0.890. The second-order valence-electron chi connectivity index (χ2n) is 4.79. The molecular formula is C13H20N2OS. The number of likely N-dealkylation sites (tertiary alicyclic amines) is 1. The molecule has 0 saturated carbocycles. The second-order valence-corrected chi connectivity index (χ2v) is 5.57. The standard InChI is InChI=1S/C13H20N2OS/c1-11(16)14-8-12-2-5-15(6-3-12)9-13-4-7-17-10-13/h4,7,10,12H,2-3,5-6,8-9H2,1H3,(H,14,16). The van der Waals surface area contributed by atoms with Crippen LogP contribution in [0.3, 0.4) is 0 Å². The molecule has 94 valence electrons. The van der Waals surface area contributed by atoms with Crippen LogP contribution in [0.25, 0.3) is 0 Å². The van der Waals surface area contributed by atoms with Crippen molar-refractivity contribution < 1.29 is 4.79 Å². The Kier molecular flexibility index (Phi) is 4.57. The zero-order chi connectivity index (χ0) is 12.1. The van der Waals surface area contributed by atoms with Crippen LogP contribution < -0.4 is 5.32 Å². The Labute approximate surface area is 107 Å². The maximum absolute atomic E-state index is 10.8. The molecule has 1 fully saturated rings.